The molecule has 3 aromatic rings. The van der Waals surface area contributed by atoms with Gasteiger partial charge in [-0.3, -0.25) is 4.79 Å². The molecule has 4 nitrogen and oxygen atoms in total. The Balaban J connectivity index is 1.30. The minimum atomic E-state index is -0.248. The summed E-state index contributed by atoms with van der Waals surface area (Å²) < 4.78 is 14.5. The number of amides is 1. The second kappa shape index (κ2) is 6.48. The number of rotatable bonds is 3. The first-order chi connectivity index (χ1) is 13.2. The number of halogens is 1. The monoisotopic (exact) mass is 363 g/mol. The van der Waals surface area contributed by atoms with Crippen LogP contribution in [-0.2, 0) is 0 Å². The molecule has 0 radical (unpaired) electrons. The molecular formula is C22H22FN3O. The Morgan fingerprint density at radius 3 is 2.48 bits per heavy atom. The van der Waals surface area contributed by atoms with Gasteiger partial charge in [-0.15, -0.1) is 0 Å². The van der Waals surface area contributed by atoms with Crippen LogP contribution in [-0.4, -0.2) is 33.9 Å². The molecule has 3 heterocycles. The third kappa shape index (κ3) is 3.01. The van der Waals surface area contributed by atoms with Gasteiger partial charge in [0.2, 0.25) is 0 Å². The number of H-pyrrole nitrogens is 1. The maximum absolute atomic E-state index is 14.5. The van der Waals surface area contributed by atoms with Crippen molar-refractivity contribution < 1.29 is 9.18 Å². The maximum atomic E-state index is 14.5. The summed E-state index contributed by atoms with van der Waals surface area (Å²) in [4.78, 5) is 21.9. The highest BCUT2D eigenvalue weighted by atomic mass is 19.1. The lowest BCUT2D eigenvalue weighted by Crippen LogP contribution is -2.38. The quantitative estimate of drug-likeness (QED) is 0.739. The van der Waals surface area contributed by atoms with Gasteiger partial charge in [0, 0.05) is 35.8 Å². The molecule has 0 bridgehead atoms. The predicted octanol–water partition coefficient (Wildman–Crippen LogP) is 4.60. The lowest BCUT2D eigenvalue weighted by atomic mass is 9.87. The Labute approximate surface area is 157 Å². The number of aromatic nitrogens is 2. The number of fused-ring (bicyclic) bond motifs is 1. The highest BCUT2D eigenvalue weighted by molar-refractivity contribution is 5.94. The van der Waals surface area contributed by atoms with Gasteiger partial charge in [0.25, 0.3) is 5.91 Å². The van der Waals surface area contributed by atoms with E-state index in [0.717, 1.165) is 35.0 Å². The summed E-state index contributed by atoms with van der Waals surface area (Å²) in [6, 6.07) is 9.97. The molecule has 0 unspecified atom stereocenters. The van der Waals surface area contributed by atoms with E-state index in [4.69, 9.17) is 0 Å². The summed E-state index contributed by atoms with van der Waals surface area (Å²) in [7, 11) is 0. The second-order valence-electron chi connectivity index (χ2n) is 7.72. The van der Waals surface area contributed by atoms with Crippen LogP contribution in [0.5, 0.6) is 0 Å². The van der Waals surface area contributed by atoms with E-state index in [1.807, 2.05) is 23.1 Å². The number of nitrogens with one attached hydrogen (secondary N) is 1. The van der Waals surface area contributed by atoms with Crippen LogP contribution < -0.4 is 0 Å². The third-order valence-corrected chi connectivity index (χ3v) is 5.98. The van der Waals surface area contributed by atoms with Crippen LogP contribution in [0.3, 0.4) is 0 Å². The number of piperidine rings is 1. The molecule has 2 fully saturated rings. The van der Waals surface area contributed by atoms with Crippen molar-refractivity contribution >= 4 is 16.9 Å². The molecule has 2 aromatic heterocycles. The van der Waals surface area contributed by atoms with E-state index >= 15 is 0 Å². The first-order valence-corrected chi connectivity index (χ1v) is 9.71. The third-order valence-electron chi connectivity index (χ3n) is 5.98. The SMILES string of the molecule is O=C(c1ccc(C2CC2)cc1)N1CCC(c2c(F)cnc3[nH]ccc23)CC1. The smallest absolute Gasteiger partial charge is 0.253 e. The molecule has 0 atom stereocenters. The standard InChI is InChI=1S/C22H22FN3O/c23-19-13-25-21-18(7-10-24-21)20(19)16-8-11-26(12-9-16)22(27)17-5-3-15(4-6-17)14-1-2-14/h3-7,10,13-14,16H,1-2,8-9,11-12H2,(H,24,25). The zero-order valence-corrected chi connectivity index (χ0v) is 15.1. The van der Waals surface area contributed by atoms with Crippen LogP contribution in [0.15, 0.2) is 42.7 Å². The highest BCUT2D eigenvalue weighted by Crippen LogP contribution is 2.40. The van der Waals surface area contributed by atoms with Crippen molar-refractivity contribution in [1.29, 1.82) is 0 Å². The topological polar surface area (TPSA) is 49.0 Å². The van der Waals surface area contributed by atoms with E-state index in [-0.39, 0.29) is 17.6 Å². The molecule has 1 N–H and O–H groups in total. The summed E-state index contributed by atoms with van der Waals surface area (Å²) >= 11 is 0. The van der Waals surface area contributed by atoms with E-state index in [0.29, 0.717) is 19.0 Å². The Hall–Kier alpha value is -2.69. The minimum absolute atomic E-state index is 0.0813. The summed E-state index contributed by atoms with van der Waals surface area (Å²) in [5, 5.41) is 0.857. The van der Waals surface area contributed by atoms with Crippen molar-refractivity contribution in [1.82, 2.24) is 14.9 Å². The van der Waals surface area contributed by atoms with Gasteiger partial charge in [-0.2, -0.15) is 0 Å². The number of likely N-dealkylation sites (tertiary alicyclic amines) is 1. The van der Waals surface area contributed by atoms with Crippen LogP contribution in [0.25, 0.3) is 11.0 Å². The maximum Gasteiger partial charge on any atom is 0.253 e. The number of hydrogen-bond donors (Lipinski definition) is 1. The highest BCUT2D eigenvalue weighted by Gasteiger charge is 2.28. The number of hydrogen-bond acceptors (Lipinski definition) is 2. The Morgan fingerprint density at radius 1 is 1.04 bits per heavy atom. The van der Waals surface area contributed by atoms with Gasteiger partial charge in [0.1, 0.15) is 11.5 Å². The molecule has 1 aliphatic heterocycles. The first kappa shape index (κ1) is 16.5. The van der Waals surface area contributed by atoms with E-state index < -0.39 is 0 Å². The van der Waals surface area contributed by atoms with Crippen LogP contribution in [0.2, 0.25) is 0 Å². The molecule has 1 aliphatic carbocycles. The number of nitrogens with zero attached hydrogens (tertiary/aromatic N) is 2. The summed E-state index contributed by atoms with van der Waals surface area (Å²) in [5.41, 5.74) is 3.55. The lowest BCUT2D eigenvalue weighted by molar-refractivity contribution is 0.0712. The fourth-order valence-corrected chi connectivity index (χ4v) is 4.29. The number of aromatic amines is 1. The van der Waals surface area contributed by atoms with Gasteiger partial charge in [0.05, 0.1) is 6.20 Å². The molecule has 2 aliphatic rings. The number of benzene rings is 1. The summed E-state index contributed by atoms with van der Waals surface area (Å²) in [5.74, 6) is 0.651. The first-order valence-electron chi connectivity index (χ1n) is 9.71. The van der Waals surface area contributed by atoms with Crippen LogP contribution in [0.1, 0.15) is 59.0 Å². The number of carbonyl (C=O) groups is 1. The average molecular weight is 363 g/mol. The average Bonchev–Trinajstić information content (AvgIpc) is 3.45. The van der Waals surface area contributed by atoms with Gasteiger partial charge in [0.15, 0.2) is 0 Å². The van der Waals surface area contributed by atoms with Crippen molar-refractivity contribution in [2.24, 2.45) is 0 Å². The second-order valence-corrected chi connectivity index (χ2v) is 7.72. The summed E-state index contributed by atoms with van der Waals surface area (Å²) in [6.45, 7) is 1.31. The fourth-order valence-electron chi connectivity index (χ4n) is 4.29. The minimum Gasteiger partial charge on any atom is -0.346 e. The van der Waals surface area contributed by atoms with Gasteiger partial charge in [-0.1, -0.05) is 12.1 Å². The Kier molecular flexibility index (Phi) is 3.96. The molecule has 1 saturated heterocycles. The molecule has 138 valence electrons. The number of pyridine rings is 1. The van der Waals surface area contributed by atoms with Gasteiger partial charge < -0.3 is 9.88 Å². The molecule has 1 saturated carbocycles. The van der Waals surface area contributed by atoms with Crippen LogP contribution in [0.4, 0.5) is 4.39 Å². The van der Waals surface area contributed by atoms with Crippen molar-refractivity contribution in [3.63, 3.8) is 0 Å². The van der Waals surface area contributed by atoms with E-state index in [1.165, 1.54) is 24.6 Å². The molecule has 0 spiro atoms. The largest absolute Gasteiger partial charge is 0.346 e. The van der Waals surface area contributed by atoms with Gasteiger partial charge in [-0.05, 0) is 61.3 Å². The molecule has 1 amide bonds. The zero-order valence-electron chi connectivity index (χ0n) is 15.1. The predicted molar refractivity (Wildman–Crippen MR) is 102 cm³/mol. The van der Waals surface area contributed by atoms with Crippen LogP contribution >= 0.6 is 0 Å². The van der Waals surface area contributed by atoms with Gasteiger partial charge in [-0.25, -0.2) is 9.37 Å². The van der Waals surface area contributed by atoms with Crippen molar-refractivity contribution in [3.05, 3.63) is 65.2 Å². The van der Waals surface area contributed by atoms with E-state index in [2.05, 4.69) is 22.1 Å². The summed E-state index contributed by atoms with van der Waals surface area (Å²) in [6.07, 6.45) is 7.17. The van der Waals surface area contributed by atoms with Crippen molar-refractivity contribution in [2.75, 3.05) is 13.1 Å². The normalized spacial score (nSPS) is 18.2. The fraction of sp³-hybridized carbons (Fsp3) is 0.364. The molecule has 27 heavy (non-hydrogen) atoms. The van der Waals surface area contributed by atoms with Crippen molar-refractivity contribution in [2.45, 2.75) is 37.5 Å². The van der Waals surface area contributed by atoms with E-state index in [1.54, 1.807) is 6.20 Å². The number of carbonyl (C=O) groups excluding carboxylic acids is 1. The molecule has 5 heteroatoms. The van der Waals surface area contributed by atoms with E-state index in [9.17, 15) is 9.18 Å². The Morgan fingerprint density at radius 2 is 1.78 bits per heavy atom. The lowest BCUT2D eigenvalue weighted by Gasteiger charge is -2.32. The zero-order chi connectivity index (χ0) is 18.4. The van der Waals surface area contributed by atoms with Gasteiger partial charge >= 0.3 is 0 Å². The molecule has 1 aromatic carbocycles. The van der Waals surface area contributed by atoms with Crippen LogP contribution in [0, 0.1) is 5.82 Å². The Bertz CT molecular complexity index is 982. The molecular weight excluding hydrogens is 341 g/mol. The molecule has 5 rings (SSSR count). The van der Waals surface area contributed by atoms with Crippen molar-refractivity contribution in [3.8, 4) is 0 Å².